The van der Waals surface area contributed by atoms with Crippen LogP contribution in [0.2, 0.25) is 0 Å². The van der Waals surface area contributed by atoms with Crippen LogP contribution in [-0.2, 0) is 11.3 Å². The van der Waals surface area contributed by atoms with Gasteiger partial charge in [-0.1, -0.05) is 72.8 Å². The zero-order valence-corrected chi connectivity index (χ0v) is 18.1. The topological polar surface area (TPSA) is 9.23 Å². The molecule has 0 bridgehead atoms. The molecule has 29 heavy (non-hydrogen) atoms. The standard InChI is InChI=1S/C26H24OP.ClH/c1-27-21-22-13-11-12-20-26(22)28(23-14-5-2-6-15-23,24-16-7-3-8-17-24)25-18-9-4-10-19-25;/h2-20H,21H2,1H3;1H/q+1;/p-1. The normalized spacial score (nSPS) is 10.9. The van der Waals surface area contributed by atoms with Crippen LogP contribution >= 0.6 is 7.26 Å². The van der Waals surface area contributed by atoms with E-state index in [4.69, 9.17) is 4.74 Å². The van der Waals surface area contributed by atoms with Gasteiger partial charge in [0, 0.05) is 12.7 Å². The van der Waals surface area contributed by atoms with Crippen LogP contribution in [0.5, 0.6) is 0 Å². The van der Waals surface area contributed by atoms with E-state index in [0.717, 1.165) is 0 Å². The molecule has 0 heterocycles. The van der Waals surface area contributed by atoms with Gasteiger partial charge in [0.25, 0.3) is 0 Å². The molecule has 0 amide bonds. The molecular weight excluding hydrogens is 395 g/mol. The maximum absolute atomic E-state index is 5.59. The van der Waals surface area contributed by atoms with Crippen LogP contribution in [0.1, 0.15) is 5.56 Å². The molecule has 4 rings (SSSR count). The summed E-state index contributed by atoms with van der Waals surface area (Å²) in [5, 5.41) is 5.43. The first-order valence-corrected chi connectivity index (χ1v) is 11.3. The quantitative estimate of drug-likeness (QED) is 0.431. The third kappa shape index (κ3) is 4.00. The van der Waals surface area contributed by atoms with Gasteiger partial charge in [0.2, 0.25) is 0 Å². The van der Waals surface area contributed by atoms with Crippen molar-refractivity contribution in [3.8, 4) is 0 Å². The number of rotatable bonds is 6. The highest BCUT2D eigenvalue weighted by atomic mass is 35.5. The molecule has 0 N–H and O–H groups in total. The van der Waals surface area contributed by atoms with Crippen LogP contribution in [0.25, 0.3) is 0 Å². The van der Waals surface area contributed by atoms with Gasteiger partial charge in [-0.05, 0) is 42.5 Å². The molecule has 0 aromatic heterocycles. The van der Waals surface area contributed by atoms with E-state index in [1.807, 2.05) is 0 Å². The lowest BCUT2D eigenvalue weighted by atomic mass is 10.2. The average Bonchev–Trinajstić information content (AvgIpc) is 2.78. The Morgan fingerprint density at radius 2 is 0.931 bits per heavy atom. The maximum Gasteiger partial charge on any atom is 0.144 e. The first kappa shape index (κ1) is 21.3. The summed E-state index contributed by atoms with van der Waals surface area (Å²) in [4.78, 5) is 0. The molecule has 0 aliphatic heterocycles. The average molecular weight is 419 g/mol. The van der Waals surface area contributed by atoms with Gasteiger partial charge in [-0.15, -0.1) is 0 Å². The van der Waals surface area contributed by atoms with Crippen molar-refractivity contribution in [3.63, 3.8) is 0 Å². The number of hydrogen-bond donors (Lipinski definition) is 0. The fraction of sp³-hybridized carbons (Fsp3) is 0.0769. The van der Waals surface area contributed by atoms with Crippen LogP contribution in [0.4, 0.5) is 0 Å². The van der Waals surface area contributed by atoms with Gasteiger partial charge in [-0.25, -0.2) is 0 Å². The molecule has 0 aliphatic rings. The highest BCUT2D eigenvalue weighted by Crippen LogP contribution is 2.54. The van der Waals surface area contributed by atoms with Crippen molar-refractivity contribution in [2.24, 2.45) is 0 Å². The van der Waals surface area contributed by atoms with Crippen LogP contribution in [0.3, 0.4) is 0 Å². The largest absolute Gasteiger partial charge is 1.00 e. The SMILES string of the molecule is COCc1ccccc1[P+](c1ccccc1)(c1ccccc1)c1ccccc1.[Cl-]. The van der Waals surface area contributed by atoms with Gasteiger partial charge in [0.15, 0.2) is 0 Å². The summed E-state index contributed by atoms with van der Waals surface area (Å²) < 4.78 is 5.59. The minimum Gasteiger partial charge on any atom is -1.00 e. The van der Waals surface area contributed by atoms with Crippen molar-refractivity contribution >= 4 is 28.5 Å². The van der Waals surface area contributed by atoms with E-state index in [1.165, 1.54) is 26.8 Å². The highest BCUT2D eigenvalue weighted by Gasteiger charge is 2.48. The summed E-state index contributed by atoms with van der Waals surface area (Å²) in [7, 11) is -0.285. The summed E-state index contributed by atoms with van der Waals surface area (Å²) >= 11 is 0. The molecule has 0 saturated carbocycles. The molecule has 146 valence electrons. The van der Waals surface area contributed by atoms with Gasteiger partial charge in [-0.2, -0.15) is 0 Å². The molecule has 0 unspecified atom stereocenters. The minimum atomic E-state index is -2.05. The molecule has 0 fully saturated rings. The summed E-state index contributed by atoms with van der Waals surface area (Å²) in [6.45, 7) is 0.602. The van der Waals surface area contributed by atoms with Crippen molar-refractivity contribution in [2.75, 3.05) is 7.11 Å². The zero-order chi connectivity index (χ0) is 19.2. The van der Waals surface area contributed by atoms with Crippen LogP contribution in [0.15, 0.2) is 115 Å². The van der Waals surface area contributed by atoms with Crippen molar-refractivity contribution in [3.05, 3.63) is 121 Å². The zero-order valence-electron chi connectivity index (χ0n) is 16.4. The van der Waals surface area contributed by atoms with E-state index >= 15 is 0 Å². The smallest absolute Gasteiger partial charge is 0.144 e. The molecule has 1 nitrogen and oxygen atoms in total. The van der Waals surface area contributed by atoms with Crippen LogP contribution < -0.4 is 33.6 Å². The Hall–Kier alpha value is -2.44. The monoisotopic (exact) mass is 418 g/mol. The van der Waals surface area contributed by atoms with Crippen LogP contribution in [0, 0.1) is 0 Å². The van der Waals surface area contributed by atoms with E-state index in [9.17, 15) is 0 Å². The van der Waals surface area contributed by atoms with E-state index in [1.54, 1.807) is 7.11 Å². The molecule has 4 aromatic carbocycles. The Labute approximate surface area is 180 Å². The van der Waals surface area contributed by atoms with E-state index < -0.39 is 7.26 Å². The lowest BCUT2D eigenvalue weighted by Crippen LogP contribution is -3.00. The lowest BCUT2D eigenvalue weighted by Gasteiger charge is -2.29. The minimum absolute atomic E-state index is 0. The van der Waals surface area contributed by atoms with Gasteiger partial charge >= 0.3 is 0 Å². The fourth-order valence-electron chi connectivity index (χ4n) is 3.93. The summed E-state index contributed by atoms with van der Waals surface area (Å²) in [5.74, 6) is 0. The second kappa shape index (κ2) is 9.85. The number of benzene rings is 4. The van der Waals surface area contributed by atoms with Crippen LogP contribution in [-0.4, -0.2) is 7.11 Å². The molecule has 3 heteroatoms. The molecule has 0 aliphatic carbocycles. The Bertz CT molecular complexity index is 923. The molecule has 0 radical (unpaired) electrons. The Kier molecular flexibility index (Phi) is 7.23. The Morgan fingerprint density at radius 1 is 0.552 bits per heavy atom. The summed E-state index contributed by atoms with van der Waals surface area (Å²) in [6.07, 6.45) is 0. The number of methoxy groups -OCH3 is 1. The van der Waals surface area contributed by atoms with Crippen molar-refractivity contribution in [1.82, 2.24) is 0 Å². The third-order valence-electron chi connectivity index (χ3n) is 5.08. The fourth-order valence-corrected chi connectivity index (χ4v) is 8.40. The van der Waals surface area contributed by atoms with E-state index in [-0.39, 0.29) is 12.4 Å². The number of hydrogen-bond acceptors (Lipinski definition) is 1. The third-order valence-corrected chi connectivity index (χ3v) is 9.46. The van der Waals surface area contributed by atoms with Gasteiger partial charge in [0.1, 0.15) is 28.5 Å². The van der Waals surface area contributed by atoms with Crippen molar-refractivity contribution < 1.29 is 17.1 Å². The first-order valence-electron chi connectivity index (χ1n) is 9.50. The second-order valence-electron chi connectivity index (χ2n) is 6.74. The first-order chi connectivity index (χ1) is 13.9. The molecule has 0 spiro atoms. The predicted octanol–water partition coefficient (Wildman–Crippen LogP) is 1.46. The van der Waals surface area contributed by atoms with Crippen molar-refractivity contribution in [2.45, 2.75) is 6.61 Å². The van der Waals surface area contributed by atoms with E-state index in [0.29, 0.717) is 6.61 Å². The van der Waals surface area contributed by atoms with E-state index in [2.05, 4.69) is 115 Å². The second-order valence-corrected chi connectivity index (χ2v) is 10.1. The predicted molar refractivity (Wildman–Crippen MR) is 122 cm³/mol. The lowest BCUT2D eigenvalue weighted by molar-refractivity contribution is -0.00000565. The molecule has 4 aromatic rings. The van der Waals surface area contributed by atoms with Gasteiger partial charge in [-0.3, -0.25) is 0 Å². The Morgan fingerprint density at radius 3 is 1.34 bits per heavy atom. The van der Waals surface area contributed by atoms with Gasteiger partial charge in [0.05, 0.1) is 6.61 Å². The Balaban J connectivity index is 0.00000240. The van der Waals surface area contributed by atoms with Gasteiger partial charge < -0.3 is 17.1 Å². The number of halogens is 1. The molecule has 0 saturated heterocycles. The number of ether oxygens (including phenoxy) is 1. The highest BCUT2D eigenvalue weighted by molar-refractivity contribution is 8.01. The maximum atomic E-state index is 5.59. The summed E-state index contributed by atoms with van der Waals surface area (Å²) in [5.41, 5.74) is 1.25. The summed E-state index contributed by atoms with van der Waals surface area (Å²) in [6, 6.07) is 41.6. The molecular formula is C26H24ClOP. The van der Waals surface area contributed by atoms with Crippen molar-refractivity contribution in [1.29, 1.82) is 0 Å². The molecule has 0 atom stereocenters.